The Kier molecular flexibility index (Phi) is 3.06. The maximum Gasteiger partial charge on any atom is 0.126 e. The number of pyridine rings is 1. The third-order valence-electron chi connectivity index (χ3n) is 4.11. The van der Waals surface area contributed by atoms with Crippen LogP contribution in [0.2, 0.25) is 0 Å². The predicted octanol–water partition coefficient (Wildman–Crippen LogP) is 3.53. The van der Waals surface area contributed by atoms with Crippen molar-refractivity contribution in [1.82, 2.24) is 9.97 Å². The Balaban J connectivity index is 1.74. The first-order valence-electron chi connectivity index (χ1n) is 7.05. The minimum absolute atomic E-state index is 0.267. The Hall–Kier alpha value is -2.11. The molecule has 1 aliphatic carbocycles. The van der Waals surface area contributed by atoms with E-state index < -0.39 is 5.60 Å². The summed E-state index contributed by atoms with van der Waals surface area (Å²) in [6.07, 6.45) is 6.69. The van der Waals surface area contributed by atoms with Gasteiger partial charge in [0.25, 0.3) is 0 Å². The molecule has 110 valence electrons. The van der Waals surface area contributed by atoms with Crippen molar-refractivity contribution in [2.24, 2.45) is 0 Å². The number of aromatic nitrogens is 2. The summed E-state index contributed by atoms with van der Waals surface area (Å²) in [5.41, 5.74) is 1.86. The number of nitrogens with zero attached hydrogens (tertiary/aromatic N) is 2. The van der Waals surface area contributed by atoms with Gasteiger partial charge in [-0.1, -0.05) is 0 Å². The van der Waals surface area contributed by atoms with E-state index in [4.69, 9.17) is 0 Å². The van der Waals surface area contributed by atoms with Gasteiger partial charge in [0.2, 0.25) is 0 Å². The molecular formula is C17H13FN2OS. The normalized spacial score (nSPS) is 20.1. The summed E-state index contributed by atoms with van der Waals surface area (Å²) in [6, 6.07) is 8.12. The van der Waals surface area contributed by atoms with E-state index in [1.54, 1.807) is 24.5 Å². The van der Waals surface area contributed by atoms with Crippen molar-refractivity contribution in [3.63, 3.8) is 0 Å². The zero-order valence-corrected chi connectivity index (χ0v) is 12.5. The molecule has 5 heteroatoms. The van der Waals surface area contributed by atoms with Gasteiger partial charge < -0.3 is 5.11 Å². The molecule has 0 saturated carbocycles. The zero-order chi connectivity index (χ0) is 15.2. The Bertz CT molecular complexity index is 831. The summed E-state index contributed by atoms with van der Waals surface area (Å²) in [5, 5.41) is 11.9. The molecule has 1 aromatic carbocycles. The molecule has 3 aromatic rings. The highest BCUT2D eigenvalue weighted by atomic mass is 32.1. The van der Waals surface area contributed by atoms with Gasteiger partial charge in [-0.15, -0.1) is 11.3 Å². The van der Waals surface area contributed by atoms with E-state index in [-0.39, 0.29) is 5.82 Å². The second-order valence-corrected chi connectivity index (χ2v) is 6.46. The quantitative estimate of drug-likeness (QED) is 0.787. The summed E-state index contributed by atoms with van der Waals surface area (Å²) < 4.78 is 13.0. The molecule has 3 nitrogen and oxygen atoms in total. The molecule has 1 atom stereocenters. The standard InChI is InChI=1S/C17H13FN2OS/c18-13-3-1-11(2-4-13)16-20-10-15(22-16)17(21)7-5-12-9-19-8-6-14(12)17/h1-4,6,8-10,21H,5,7H2. The van der Waals surface area contributed by atoms with E-state index >= 15 is 0 Å². The minimum Gasteiger partial charge on any atom is -0.379 e. The van der Waals surface area contributed by atoms with Crippen molar-refractivity contribution in [3.8, 4) is 10.6 Å². The molecule has 1 unspecified atom stereocenters. The van der Waals surface area contributed by atoms with E-state index in [1.165, 1.54) is 23.5 Å². The largest absolute Gasteiger partial charge is 0.379 e. The van der Waals surface area contributed by atoms with Crippen LogP contribution in [-0.4, -0.2) is 15.1 Å². The van der Waals surface area contributed by atoms with Crippen LogP contribution in [-0.2, 0) is 12.0 Å². The Morgan fingerprint density at radius 1 is 1.14 bits per heavy atom. The van der Waals surface area contributed by atoms with Crippen LogP contribution in [0.25, 0.3) is 10.6 Å². The highest BCUT2D eigenvalue weighted by Gasteiger charge is 2.40. The van der Waals surface area contributed by atoms with Gasteiger partial charge in [0.05, 0.1) is 4.88 Å². The number of hydrogen-bond donors (Lipinski definition) is 1. The van der Waals surface area contributed by atoms with E-state index in [0.29, 0.717) is 6.42 Å². The third kappa shape index (κ3) is 2.05. The van der Waals surface area contributed by atoms with Crippen molar-refractivity contribution >= 4 is 11.3 Å². The number of aryl methyl sites for hydroxylation is 1. The lowest BCUT2D eigenvalue weighted by Gasteiger charge is -2.21. The first-order chi connectivity index (χ1) is 10.7. The molecule has 2 aromatic heterocycles. The SMILES string of the molecule is OC1(c2cnc(-c3ccc(F)cc3)s2)CCc2cnccc21. The Labute approximate surface area is 131 Å². The molecule has 4 rings (SSSR count). The van der Waals surface area contributed by atoms with Gasteiger partial charge in [0, 0.05) is 24.2 Å². The fourth-order valence-electron chi connectivity index (χ4n) is 2.93. The topological polar surface area (TPSA) is 46.0 Å². The number of hydrogen-bond acceptors (Lipinski definition) is 4. The molecule has 0 saturated heterocycles. The molecule has 0 spiro atoms. The molecule has 0 bridgehead atoms. The van der Waals surface area contributed by atoms with Crippen LogP contribution in [0.4, 0.5) is 4.39 Å². The van der Waals surface area contributed by atoms with E-state index in [0.717, 1.165) is 33.0 Å². The van der Waals surface area contributed by atoms with Gasteiger partial charge in [-0.05, 0) is 54.3 Å². The lowest BCUT2D eigenvalue weighted by Crippen LogP contribution is -2.22. The number of benzene rings is 1. The second-order valence-electron chi connectivity index (χ2n) is 5.43. The molecule has 1 aliphatic rings. The van der Waals surface area contributed by atoms with Crippen molar-refractivity contribution < 1.29 is 9.50 Å². The maximum atomic E-state index is 13.0. The second kappa shape index (κ2) is 4.97. The van der Waals surface area contributed by atoms with Gasteiger partial charge in [-0.2, -0.15) is 0 Å². The highest BCUT2D eigenvalue weighted by molar-refractivity contribution is 7.15. The smallest absolute Gasteiger partial charge is 0.126 e. The summed E-state index contributed by atoms with van der Waals surface area (Å²) in [4.78, 5) is 9.33. The maximum absolute atomic E-state index is 13.0. The van der Waals surface area contributed by atoms with Crippen molar-refractivity contribution in [3.05, 3.63) is 70.7 Å². The fourth-order valence-corrected chi connectivity index (χ4v) is 3.98. The third-order valence-corrected chi connectivity index (χ3v) is 5.31. The predicted molar refractivity (Wildman–Crippen MR) is 83.1 cm³/mol. The minimum atomic E-state index is -0.992. The Morgan fingerprint density at radius 2 is 1.95 bits per heavy atom. The number of thiazole rings is 1. The average Bonchev–Trinajstić information content (AvgIpc) is 3.15. The Morgan fingerprint density at radius 3 is 2.77 bits per heavy atom. The van der Waals surface area contributed by atoms with E-state index in [1.807, 2.05) is 12.3 Å². The summed E-state index contributed by atoms with van der Waals surface area (Å²) in [7, 11) is 0. The van der Waals surface area contributed by atoms with Crippen molar-refractivity contribution in [2.75, 3.05) is 0 Å². The van der Waals surface area contributed by atoms with Gasteiger partial charge in [-0.3, -0.25) is 4.98 Å². The summed E-state index contributed by atoms with van der Waals surface area (Å²) in [5.74, 6) is -0.267. The van der Waals surface area contributed by atoms with Gasteiger partial charge >= 0.3 is 0 Å². The fraction of sp³-hybridized carbons (Fsp3) is 0.176. The van der Waals surface area contributed by atoms with Crippen LogP contribution in [0, 0.1) is 5.82 Å². The van der Waals surface area contributed by atoms with Gasteiger partial charge in [0.15, 0.2) is 0 Å². The van der Waals surface area contributed by atoms with Crippen molar-refractivity contribution in [2.45, 2.75) is 18.4 Å². The molecule has 0 aliphatic heterocycles. The molecular weight excluding hydrogens is 299 g/mol. The first kappa shape index (κ1) is 13.5. The number of aliphatic hydroxyl groups is 1. The lowest BCUT2D eigenvalue weighted by atomic mass is 9.96. The van der Waals surface area contributed by atoms with E-state index in [2.05, 4.69) is 9.97 Å². The molecule has 0 amide bonds. The molecule has 2 heterocycles. The van der Waals surface area contributed by atoms with E-state index in [9.17, 15) is 9.50 Å². The molecule has 0 radical (unpaired) electrons. The summed E-state index contributed by atoms with van der Waals surface area (Å²) in [6.45, 7) is 0. The monoisotopic (exact) mass is 312 g/mol. The number of halogens is 1. The average molecular weight is 312 g/mol. The van der Waals surface area contributed by atoms with Crippen LogP contribution in [0.15, 0.2) is 48.9 Å². The highest BCUT2D eigenvalue weighted by Crippen LogP contribution is 2.44. The zero-order valence-electron chi connectivity index (χ0n) is 11.7. The van der Waals surface area contributed by atoms with Crippen molar-refractivity contribution in [1.29, 1.82) is 0 Å². The van der Waals surface area contributed by atoms with Crippen LogP contribution in [0.1, 0.15) is 22.4 Å². The number of rotatable bonds is 2. The van der Waals surface area contributed by atoms with Crippen LogP contribution in [0.3, 0.4) is 0 Å². The van der Waals surface area contributed by atoms with Gasteiger partial charge in [0.1, 0.15) is 16.4 Å². The number of fused-ring (bicyclic) bond motifs is 1. The first-order valence-corrected chi connectivity index (χ1v) is 7.86. The summed E-state index contributed by atoms with van der Waals surface area (Å²) >= 11 is 1.45. The van der Waals surface area contributed by atoms with Crippen LogP contribution < -0.4 is 0 Å². The van der Waals surface area contributed by atoms with Gasteiger partial charge in [-0.25, -0.2) is 9.37 Å². The van der Waals surface area contributed by atoms with Crippen LogP contribution >= 0.6 is 11.3 Å². The van der Waals surface area contributed by atoms with Crippen LogP contribution in [0.5, 0.6) is 0 Å². The molecule has 1 N–H and O–H groups in total. The lowest BCUT2D eigenvalue weighted by molar-refractivity contribution is 0.0866. The molecule has 22 heavy (non-hydrogen) atoms. The molecule has 0 fully saturated rings.